The summed E-state index contributed by atoms with van der Waals surface area (Å²) < 4.78 is 1.87. The zero-order valence-electron chi connectivity index (χ0n) is 8.73. The summed E-state index contributed by atoms with van der Waals surface area (Å²) in [4.78, 5) is 0. The monoisotopic (exact) mass is 203 g/mol. The second kappa shape index (κ2) is 3.61. The summed E-state index contributed by atoms with van der Waals surface area (Å²) in [6, 6.07) is 7.61. The molecular formula is C10H13N5. The van der Waals surface area contributed by atoms with Crippen molar-refractivity contribution in [2.45, 2.75) is 0 Å². The Morgan fingerprint density at radius 3 is 2.60 bits per heavy atom. The number of nitrogen functional groups attached to an aromatic ring is 1. The van der Waals surface area contributed by atoms with Gasteiger partial charge in [-0.05, 0) is 12.1 Å². The third-order valence-electron chi connectivity index (χ3n) is 2.30. The van der Waals surface area contributed by atoms with Crippen molar-refractivity contribution in [1.29, 1.82) is 0 Å². The van der Waals surface area contributed by atoms with Crippen molar-refractivity contribution in [3.8, 4) is 11.4 Å². The summed E-state index contributed by atoms with van der Waals surface area (Å²) in [6.45, 7) is 0. The van der Waals surface area contributed by atoms with E-state index in [1.54, 1.807) is 0 Å². The molecule has 0 aliphatic carbocycles. The SMILES string of the molecule is CNc1nnc(-c2ccccc2N)n1C. The zero-order chi connectivity index (χ0) is 10.8. The van der Waals surface area contributed by atoms with Gasteiger partial charge < -0.3 is 11.1 Å². The first kappa shape index (κ1) is 9.51. The van der Waals surface area contributed by atoms with E-state index in [1.165, 1.54) is 0 Å². The van der Waals surface area contributed by atoms with Crippen LogP contribution in [0.5, 0.6) is 0 Å². The second-order valence-corrected chi connectivity index (χ2v) is 3.24. The molecule has 0 saturated heterocycles. The maximum absolute atomic E-state index is 5.87. The van der Waals surface area contributed by atoms with Gasteiger partial charge in [0.1, 0.15) is 0 Å². The standard InChI is InChI=1S/C10H13N5/c1-12-10-14-13-9(15(10)2)7-5-3-4-6-8(7)11/h3-6H,11H2,1-2H3,(H,12,14). The fourth-order valence-corrected chi connectivity index (χ4v) is 1.48. The number of nitrogens with zero attached hydrogens (tertiary/aromatic N) is 3. The van der Waals surface area contributed by atoms with Crippen LogP contribution in [0.15, 0.2) is 24.3 Å². The Bertz CT molecular complexity index is 474. The van der Waals surface area contributed by atoms with E-state index in [0.29, 0.717) is 11.6 Å². The third kappa shape index (κ3) is 1.52. The lowest BCUT2D eigenvalue weighted by Crippen LogP contribution is -2.00. The molecule has 0 unspecified atom stereocenters. The first-order chi connectivity index (χ1) is 7.24. The highest BCUT2D eigenvalue weighted by Crippen LogP contribution is 2.24. The molecule has 0 saturated carbocycles. The first-order valence-corrected chi connectivity index (χ1v) is 4.66. The average Bonchev–Trinajstić information content (AvgIpc) is 2.60. The lowest BCUT2D eigenvalue weighted by Gasteiger charge is -2.05. The number of hydrogen-bond acceptors (Lipinski definition) is 4. The van der Waals surface area contributed by atoms with E-state index < -0.39 is 0 Å². The molecule has 1 aromatic heterocycles. The van der Waals surface area contributed by atoms with E-state index in [4.69, 9.17) is 5.73 Å². The average molecular weight is 203 g/mol. The molecule has 0 bridgehead atoms. The van der Waals surface area contributed by atoms with Gasteiger partial charge in [-0.2, -0.15) is 0 Å². The first-order valence-electron chi connectivity index (χ1n) is 4.66. The van der Waals surface area contributed by atoms with E-state index in [2.05, 4.69) is 15.5 Å². The van der Waals surface area contributed by atoms with Gasteiger partial charge in [0.15, 0.2) is 5.82 Å². The number of aromatic nitrogens is 3. The number of nitrogens with two attached hydrogens (primary N) is 1. The van der Waals surface area contributed by atoms with Gasteiger partial charge >= 0.3 is 0 Å². The molecule has 0 radical (unpaired) electrons. The van der Waals surface area contributed by atoms with E-state index in [9.17, 15) is 0 Å². The second-order valence-electron chi connectivity index (χ2n) is 3.24. The quantitative estimate of drug-likeness (QED) is 0.717. The molecule has 1 heterocycles. The smallest absolute Gasteiger partial charge is 0.224 e. The topological polar surface area (TPSA) is 68.8 Å². The van der Waals surface area contributed by atoms with Gasteiger partial charge in [-0.3, -0.25) is 4.57 Å². The minimum absolute atomic E-state index is 0.704. The van der Waals surface area contributed by atoms with E-state index in [-0.39, 0.29) is 0 Å². The summed E-state index contributed by atoms with van der Waals surface area (Å²) in [6.07, 6.45) is 0. The lowest BCUT2D eigenvalue weighted by molar-refractivity contribution is 0.925. The predicted octanol–water partition coefficient (Wildman–Crippen LogP) is 1.11. The van der Waals surface area contributed by atoms with Crippen molar-refractivity contribution in [2.24, 2.45) is 7.05 Å². The number of benzene rings is 1. The van der Waals surface area contributed by atoms with Gasteiger partial charge in [-0.1, -0.05) is 12.1 Å². The summed E-state index contributed by atoms with van der Waals surface area (Å²) in [5, 5.41) is 11.0. The molecule has 0 fully saturated rings. The molecule has 0 amide bonds. The summed E-state index contributed by atoms with van der Waals surface area (Å²) in [5.74, 6) is 1.48. The lowest BCUT2D eigenvalue weighted by atomic mass is 10.2. The number of hydrogen-bond donors (Lipinski definition) is 2. The Hall–Kier alpha value is -2.04. The molecule has 0 aliphatic heterocycles. The van der Waals surface area contributed by atoms with Crippen LogP contribution in [0.2, 0.25) is 0 Å². The molecule has 5 heteroatoms. The Morgan fingerprint density at radius 2 is 2.00 bits per heavy atom. The van der Waals surface area contributed by atoms with E-state index in [1.807, 2.05) is 42.9 Å². The maximum atomic E-state index is 5.87. The Kier molecular flexibility index (Phi) is 2.29. The van der Waals surface area contributed by atoms with Gasteiger partial charge in [0.25, 0.3) is 0 Å². The molecule has 0 atom stereocenters. The van der Waals surface area contributed by atoms with Crippen LogP contribution >= 0.6 is 0 Å². The summed E-state index contributed by atoms with van der Waals surface area (Å²) >= 11 is 0. The molecule has 2 rings (SSSR count). The van der Waals surface area contributed by atoms with Gasteiger partial charge in [0.05, 0.1) is 0 Å². The fourth-order valence-electron chi connectivity index (χ4n) is 1.48. The van der Waals surface area contributed by atoms with Crippen LogP contribution in [0.25, 0.3) is 11.4 Å². The van der Waals surface area contributed by atoms with Gasteiger partial charge in [-0.25, -0.2) is 0 Å². The van der Waals surface area contributed by atoms with Crippen molar-refractivity contribution in [3.63, 3.8) is 0 Å². The highest BCUT2D eigenvalue weighted by Gasteiger charge is 2.11. The summed E-state index contributed by atoms with van der Waals surface area (Å²) in [5.41, 5.74) is 7.47. The minimum Gasteiger partial charge on any atom is -0.398 e. The largest absolute Gasteiger partial charge is 0.398 e. The Balaban J connectivity index is 2.55. The minimum atomic E-state index is 0.704. The van der Waals surface area contributed by atoms with Crippen LogP contribution in [0.1, 0.15) is 0 Å². The van der Waals surface area contributed by atoms with Gasteiger partial charge in [0, 0.05) is 25.3 Å². The predicted molar refractivity (Wildman–Crippen MR) is 60.4 cm³/mol. The van der Waals surface area contributed by atoms with E-state index >= 15 is 0 Å². The molecule has 0 spiro atoms. The van der Waals surface area contributed by atoms with Crippen LogP contribution in [-0.2, 0) is 7.05 Å². The summed E-state index contributed by atoms with van der Waals surface area (Å²) in [7, 11) is 3.70. The van der Waals surface area contributed by atoms with Crippen LogP contribution in [0.4, 0.5) is 11.6 Å². The Labute approximate surface area is 87.9 Å². The molecular weight excluding hydrogens is 190 g/mol. The molecule has 5 nitrogen and oxygen atoms in total. The van der Waals surface area contributed by atoms with Crippen LogP contribution < -0.4 is 11.1 Å². The van der Waals surface area contributed by atoms with Crippen molar-refractivity contribution in [3.05, 3.63) is 24.3 Å². The number of rotatable bonds is 2. The molecule has 1 aromatic carbocycles. The van der Waals surface area contributed by atoms with Crippen LogP contribution in [-0.4, -0.2) is 21.8 Å². The zero-order valence-corrected chi connectivity index (χ0v) is 8.73. The van der Waals surface area contributed by atoms with Gasteiger partial charge in [0.2, 0.25) is 5.95 Å². The molecule has 3 N–H and O–H groups in total. The van der Waals surface area contributed by atoms with Crippen molar-refractivity contribution < 1.29 is 0 Å². The van der Waals surface area contributed by atoms with E-state index in [0.717, 1.165) is 11.4 Å². The van der Waals surface area contributed by atoms with Gasteiger partial charge in [-0.15, -0.1) is 10.2 Å². The highest BCUT2D eigenvalue weighted by atomic mass is 15.3. The van der Waals surface area contributed by atoms with Crippen molar-refractivity contribution in [1.82, 2.24) is 14.8 Å². The highest BCUT2D eigenvalue weighted by molar-refractivity contribution is 5.72. The van der Waals surface area contributed by atoms with Crippen LogP contribution in [0, 0.1) is 0 Å². The normalized spacial score (nSPS) is 10.3. The number of para-hydroxylation sites is 1. The molecule has 78 valence electrons. The van der Waals surface area contributed by atoms with Crippen molar-refractivity contribution in [2.75, 3.05) is 18.1 Å². The number of anilines is 2. The van der Waals surface area contributed by atoms with Crippen molar-refractivity contribution >= 4 is 11.6 Å². The fraction of sp³-hybridized carbons (Fsp3) is 0.200. The molecule has 15 heavy (non-hydrogen) atoms. The maximum Gasteiger partial charge on any atom is 0.224 e. The van der Waals surface area contributed by atoms with Crippen LogP contribution in [0.3, 0.4) is 0 Å². The third-order valence-corrected chi connectivity index (χ3v) is 2.30. The molecule has 0 aliphatic rings. The number of nitrogens with one attached hydrogen (secondary N) is 1. The Morgan fingerprint density at radius 1 is 1.27 bits per heavy atom. The molecule has 2 aromatic rings.